The van der Waals surface area contributed by atoms with Crippen molar-refractivity contribution in [3.63, 3.8) is 0 Å². The normalized spacial score (nSPS) is 19.4. The quantitative estimate of drug-likeness (QED) is 0.869. The lowest BCUT2D eigenvalue weighted by molar-refractivity contribution is 0.0281. The summed E-state index contributed by atoms with van der Waals surface area (Å²) in [5.41, 5.74) is 7.61. The highest BCUT2D eigenvalue weighted by molar-refractivity contribution is 5.32. The molecule has 1 aliphatic carbocycles. The molecule has 0 aromatic heterocycles. The van der Waals surface area contributed by atoms with Crippen LogP contribution < -0.4 is 10.5 Å². The molecule has 1 aromatic rings. The van der Waals surface area contributed by atoms with Crippen LogP contribution in [0.1, 0.15) is 30.9 Å². The van der Waals surface area contributed by atoms with E-state index >= 15 is 0 Å². The summed E-state index contributed by atoms with van der Waals surface area (Å²) in [5, 5.41) is 0. The molecule has 0 spiro atoms. The zero-order chi connectivity index (χ0) is 13.2. The molecule has 0 amide bonds. The number of methoxy groups -OCH3 is 1. The Morgan fingerprint density at radius 3 is 2.56 bits per heavy atom. The largest absolute Gasteiger partial charge is 0.497 e. The van der Waals surface area contributed by atoms with Crippen molar-refractivity contribution in [2.24, 2.45) is 11.1 Å². The van der Waals surface area contributed by atoms with Gasteiger partial charge in [0.1, 0.15) is 5.75 Å². The molecule has 0 bridgehead atoms. The van der Waals surface area contributed by atoms with Crippen LogP contribution in [-0.2, 0) is 0 Å². The first kappa shape index (κ1) is 13.4. The van der Waals surface area contributed by atoms with Crippen molar-refractivity contribution in [3.05, 3.63) is 29.8 Å². The lowest BCUT2D eigenvalue weighted by Gasteiger charge is -2.50. The van der Waals surface area contributed by atoms with Gasteiger partial charge in [0.2, 0.25) is 0 Å². The first-order valence-corrected chi connectivity index (χ1v) is 6.63. The maximum atomic E-state index is 6.06. The van der Waals surface area contributed by atoms with Crippen molar-refractivity contribution in [1.29, 1.82) is 0 Å². The van der Waals surface area contributed by atoms with Crippen LogP contribution >= 0.6 is 0 Å². The van der Waals surface area contributed by atoms with Gasteiger partial charge in [-0.15, -0.1) is 0 Å². The van der Waals surface area contributed by atoms with Gasteiger partial charge in [-0.2, -0.15) is 0 Å². The molecule has 0 heterocycles. The molecule has 18 heavy (non-hydrogen) atoms. The zero-order valence-corrected chi connectivity index (χ0v) is 11.6. The van der Waals surface area contributed by atoms with Crippen molar-refractivity contribution in [1.82, 2.24) is 4.90 Å². The van der Waals surface area contributed by atoms with Crippen LogP contribution in [0.15, 0.2) is 24.3 Å². The van der Waals surface area contributed by atoms with Crippen molar-refractivity contribution in [3.8, 4) is 5.75 Å². The number of nitrogens with zero attached hydrogens (tertiary/aromatic N) is 1. The van der Waals surface area contributed by atoms with E-state index in [2.05, 4.69) is 37.2 Å². The van der Waals surface area contributed by atoms with Gasteiger partial charge >= 0.3 is 0 Å². The molecule has 1 atom stereocenters. The topological polar surface area (TPSA) is 38.5 Å². The first-order chi connectivity index (χ1) is 8.63. The van der Waals surface area contributed by atoms with Crippen LogP contribution in [0.2, 0.25) is 0 Å². The standard InChI is InChI=1S/C15H24N2O/c1-17(2)14(15(11-16)8-5-9-15)12-6-4-7-13(10-12)18-3/h4,6-7,10,14H,5,8-9,11,16H2,1-3H3. The molecule has 0 radical (unpaired) electrons. The van der Waals surface area contributed by atoms with Gasteiger partial charge in [-0.05, 0) is 51.2 Å². The van der Waals surface area contributed by atoms with E-state index in [9.17, 15) is 0 Å². The molecule has 1 aliphatic rings. The summed E-state index contributed by atoms with van der Waals surface area (Å²) in [4.78, 5) is 2.29. The second-order valence-corrected chi connectivity index (χ2v) is 5.56. The number of ether oxygens (including phenoxy) is 1. The summed E-state index contributed by atoms with van der Waals surface area (Å²) in [6.07, 6.45) is 3.75. The summed E-state index contributed by atoms with van der Waals surface area (Å²) in [6, 6.07) is 8.76. The number of hydrogen-bond donors (Lipinski definition) is 1. The molecule has 2 N–H and O–H groups in total. The number of nitrogens with two attached hydrogens (primary N) is 1. The Bertz CT molecular complexity index is 394. The molecule has 1 fully saturated rings. The van der Waals surface area contributed by atoms with Gasteiger partial charge in [-0.3, -0.25) is 0 Å². The smallest absolute Gasteiger partial charge is 0.119 e. The van der Waals surface area contributed by atoms with Gasteiger partial charge < -0.3 is 15.4 Å². The third-order valence-electron chi connectivity index (χ3n) is 4.26. The molecule has 0 saturated heterocycles. The van der Waals surface area contributed by atoms with E-state index in [0.29, 0.717) is 6.04 Å². The Morgan fingerprint density at radius 2 is 2.11 bits per heavy atom. The fourth-order valence-electron chi connectivity index (χ4n) is 3.23. The maximum absolute atomic E-state index is 6.06. The summed E-state index contributed by atoms with van der Waals surface area (Å²) in [6.45, 7) is 0.757. The van der Waals surface area contributed by atoms with Gasteiger partial charge in [0.15, 0.2) is 0 Å². The molecular formula is C15H24N2O. The molecular weight excluding hydrogens is 224 g/mol. The van der Waals surface area contributed by atoms with E-state index in [1.165, 1.54) is 24.8 Å². The molecule has 100 valence electrons. The van der Waals surface area contributed by atoms with E-state index in [0.717, 1.165) is 12.3 Å². The fraction of sp³-hybridized carbons (Fsp3) is 0.600. The number of benzene rings is 1. The van der Waals surface area contributed by atoms with E-state index in [-0.39, 0.29) is 5.41 Å². The van der Waals surface area contributed by atoms with Gasteiger partial charge in [0, 0.05) is 11.5 Å². The minimum atomic E-state index is 0.246. The van der Waals surface area contributed by atoms with Crippen molar-refractivity contribution in [2.45, 2.75) is 25.3 Å². The summed E-state index contributed by atoms with van der Waals surface area (Å²) in [7, 11) is 5.99. The Labute approximate surface area is 110 Å². The average molecular weight is 248 g/mol. The lowest BCUT2D eigenvalue weighted by Crippen LogP contribution is -2.47. The first-order valence-electron chi connectivity index (χ1n) is 6.63. The van der Waals surface area contributed by atoms with E-state index in [1.807, 2.05) is 6.07 Å². The van der Waals surface area contributed by atoms with Gasteiger partial charge in [0.05, 0.1) is 7.11 Å². The maximum Gasteiger partial charge on any atom is 0.119 e. The molecule has 1 aromatic carbocycles. The van der Waals surface area contributed by atoms with Crippen LogP contribution in [0.3, 0.4) is 0 Å². The average Bonchev–Trinajstić information content (AvgIpc) is 2.33. The SMILES string of the molecule is COc1cccc(C(N(C)C)C2(CN)CCC2)c1. The Hall–Kier alpha value is -1.06. The van der Waals surface area contributed by atoms with Crippen LogP contribution in [0, 0.1) is 5.41 Å². The highest BCUT2D eigenvalue weighted by Gasteiger charge is 2.44. The molecule has 2 rings (SSSR count). The van der Waals surface area contributed by atoms with Crippen LogP contribution in [0.25, 0.3) is 0 Å². The number of rotatable bonds is 5. The molecule has 3 nitrogen and oxygen atoms in total. The Morgan fingerprint density at radius 1 is 1.39 bits per heavy atom. The Kier molecular flexibility index (Phi) is 3.93. The van der Waals surface area contributed by atoms with Crippen LogP contribution in [-0.4, -0.2) is 32.6 Å². The summed E-state index contributed by atoms with van der Waals surface area (Å²) in [5.74, 6) is 0.922. The van der Waals surface area contributed by atoms with Crippen LogP contribution in [0.4, 0.5) is 0 Å². The third kappa shape index (κ3) is 2.25. The van der Waals surface area contributed by atoms with Crippen LogP contribution in [0.5, 0.6) is 5.75 Å². The van der Waals surface area contributed by atoms with Crippen molar-refractivity contribution in [2.75, 3.05) is 27.7 Å². The van der Waals surface area contributed by atoms with Gasteiger partial charge in [-0.1, -0.05) is 18.6 Å². The molecule has 0 aliphatic heterocycles. The number of hydrogen-bond acceptors (Lipinski definition) is 3. The Balaban J connectivity index is 2.35. The molecule has 1 unspecified atom stereocenters. The minimum absolute atomic E-state index is 0.246. The minimum Gasteiger partial charge on any atom is -0.497 e. The zero-order valence-electron chi connectivity index (χ0n) is 11.6. The van der Waals surface area contributed by atoms with Crippen molar-refractivity contribution < 1.29 is 4.74 Å². The second kappa shape index (κ2) is 5.29. The highest BCUT2D eigenvalue weighted by Crippen LogP contribution is 2.51. The summed E-state index contributed by atoms with van der Waals surface area (Å²) >= 11 is 0. The fourth-order valence-corrected chi connectivity index (χ4v) is 3.23. The van der Waals surface area contributed by atoms with E-state index in [4.69, 9.17) is 10.5 Å². The molecule has 3 heteroatoms. The monoisotopic (exact) mass is 248 g/mol. The summed E-state index contributed by atoms with van der Waals surface area (Å²) < 4.78 is 5.33. The van der Waals surface area contributed by atoms with Crippen molar-refractivity contribution >= 4 is 0 Å². The van der Waals surface area contributed by atoms with Gasteiger partial charge in [-0.25, -0.2) is 0 Å². The van der Waals surface area contributed by atoms with Gasteiger partial charge in [0.25, 0.3) is 0 Å². The second-order valence-electron chi connectivity index (χ2n) is 5.56. The third-order valence-corrected chi connectivity index (χ3v) is 4.26. The van der Waals surface area contributed by atoms with E-state index < -0.39 is 0 Å². The molecule has 1 saturated carbocycles. The predicted molar refractivity (Wildman–Crippen MR) is 74.8 cm³/mol. The van der Waals surface area contributed by atoms with E-state index in [1.54, 1.807) is 7.11 Å². The lowest BCUT2D eigenvalue weighted by atomic mass is 9.62. The predicted octanol–water partition coefficient (Wildman–Crippen LogP) is 2.43. The highest BCUT2D eigenvalue weighted by atomic mass is 16.5.